The molecule has 0 heterocycles. The topological polar surface area (TPSA) is 132 Å². The second kappa shape index (κ2) is 5.19. The van der Waals surface area contributed by atoms with Crippen LogP contribution in [-0.2, 0) is 14.8 Å². The first-order chi connectivity index (χ1) is 7.95. The van der Waals surface area contributed by atoms with Crippen LogP contribution >= 0.6 is 0 Å². The highest BCUT2D eigenvalue weighted by atomic mass is 32.2. The first kappa shape index (κ1) is 12.8. The van der Waals surface area contributed by atoms with Crippen molar-refractivity contribution in [2.45, 2.75) is 4.90 Å². The largest absolute Gasteiger partial charge is 0.480 e. The normalized spacial score (nSPS) is 10.4. The zero-order valence-electron chi connectivity index (χ0n) is 8.44. The molecule has 0 atom stereocenters. The van der Waals surface area contributed by atoms with E-state index in [2.05, 4.69) is 14.7 Å². The third-order valence-electron chi connectivity index (χ3n) is 1.74. The molecule has 9 heteroatoms. The highest BCUT2D eigenvalue weighted by Gasteiger charge is 2.11. The Bertz CT molecular complexity index is 560. The van der Waals surface area contributed by atoms with Gasteiger partial charge < -0.3 is 10.4 Å². The van der Waals surface area contributed by atoms with Gasteiger partial charge >= 0.3 is 5.97 Å². The molecule has 90 valence electrons. The number of rotatable bonds is 5. The number of carbonyl (C=O) groups is 1. The minimum atomic E-state index is -3.99. The smallest absolute Gasteiger partial charge is 0.322 e. The van der Waals surface area contributed by atoms with E-state index in [1.54, 1.807) is 0 Å². The van der Waals surface area contributed by atoms with Gasteiger partial charge in [-0.2, -0.15) is 0 Å². The Balaban J connectivity index is 2.88. The Morgan fingerprint density at radius 2 is 2.00 bits per heavy atom. The van der Waals surface area contributed by atoms with Crippen LogP contribution in [0, 0.1) is 0 Å². The number of sulfonamides is 1. The van der Waals surface area contributed by atoms with Gasteiger partial charge in [-0.1, -0.05) is 0 Å². The van der Waals surface area contributed by atoms with Crippen LogP contribution in [0.15, 0.2) is 33.7 Å². The summed E-state index contributed by atoms with van der Waals surface area (Å²) in [5.41, 5.74) is 8.52. The second-order valence-corrected chi connectivity index (χ2v) is 4.50. The number of aliphatic carboxylic acids is 1. The molecular formula is C8H8N4O4S. The third kappa shape index (κ3) is 3.67. The molecule has 0 saturated carbocycles. The molecule has 1 rings (SSSR count). The summed E-state index contributed by atoms with van der Waals surface area (Å²) in [7, 11) is -3.99. The summed E-state index contributed by atoms with van der Waals surface area (Å²) in [5.74, 6) is -1.03. The van der Waals surface area contributed by atoms with E-state index in [9.17, 15) is 13.2 Å². The molecule has 0 aliphatic heterocycles. The van der Waals surface area contributed by atoms with Gasteiger partial charge in [-0.05, 0) is 29.8 Å². The number of nitrogens with one attached hydrogen (secondary N) is 1. The molecule has 0 bridgehead atoms. The van der Waals surface area contributed by atoms with E-state index in [1.807, 2.05) is 0 Å². The predicted molar refractivity (Wildman–Crippen MR) is 58.9 cm³/mol. The van der Waals surface area contributed by atoms with Gasteiger partial charge in [0.25, 0.3) is 10.0 Å². The lowest BCUT2D eigenvalue weighted by Crippen LogP contribution is -2.12. The highest BCUT2D eigenvalue weighted by molar-refractivity contribution is 7.90. The van der Waals surface area contributed by atoms with Crippen LogP contribution in [0.25, 0.3) is 10.4 Å². The molecule has 0 aliphatic rings. The zero-order valence-corrected chi connectivity index (χ0v) is 9.25. The van der Waals surface area contributed by atoms with Crippen LogP contribution in [0.3, 0.4) is 0 Å². The van der Waals surface area contributed by atoms with E-state index in [0.717, 1.165) is 0 Å². The lowest BCUT2D eigenvalue weighted by molar-refractivity contribution is -0.134. The van der Waals surface area contributed by atoms with Crippen molar-refractivity contribution in [1.82, 2.24) is 0 Å². The molecule has 0 radical (unpaired) electrons. The first-order valence-electron chi connectivity index (χ1n) is 4.33. The van der Waals surface area contributed by atoms with Crippen LogP contribution < -0.4 is 5.32 Å². The van der Waals surface area contributed by atoms with Crippen molar-refractivity contribution in [2.24, 2.45) is 4.52 Å². The maximum Gasteiger partial charge on any atom is 0.322 e. The van der Waals surface area contributed by atoms with E-state index in [-0.39, 0.29) is 11.4 Å². The van der Waals surface area contributed by atoms with E-state index in [0.29, 0.717) is 5.69 Å². The summed E-state index contributed by atoms with van der Waals surface area (Å²) in [4.78, 5) is 12.3. The molecule has 1 aromatic carbocycles. The molecule has 0 saturated heterocycles. The van der Waals surface area contributed by atoms with Crippen molar-refractivity contribution >= 4 is 21.7 Å². The summed E-state index contributed by atoms with van der Waals surface area (Å²) in [5, 5.41) is 11.0. The lowest BCUT2D eigenvalue weighted by atomic mass is 10.3. The summed E-state index contributed by atoms with van der Waals surface area (Å²) in [6.45, 7) is -0.275. The fourth-order valence-electron chi connectivity index (χ4n) is 1.02. The van der Waals surface area contributed by atoms with E-state index >= 15 is 0 Å². The van der Waals surface area contributed by atoms with Crippen molar-refractivity contribution in [3.05, 3.63) is 34.7 Å². The van der Waals surface area contributed by atoms with Gasteiger partial charge in [0.05, 0.1) is 4.90 Å². The van der Waals surface area contributed by atoms with Crippen molar-refractivity contribution < 1.29 is 18.3 Å². The average molecular weight is 256 g/mol. The van der Waals surface area contributed by atoms with Gasteiger partial charge in [0, 0.05) is 15.1 Å². The van der Waals surface area contributed by atoms with Gasteiger partial charge in [-0.15, -0.1) is 0 Å². The Morgan fingerprint density at radius 3 is 2.47 bits per heavy atom. The molecule has 0 fully saturated rings. The number of hydrogen-bond donors (Lipinski definition) is 2. The maximum absolute atomic E-state index is 11.3. The number of azide groups is 1. The van der Waals surface area contributed by atoms with Gasteiger partial charge in [0.2, 0.25) is 0 Å². The Hall–Kier alpha value is -2.25. The van der Waals surface area contributed by atoms with Crippen molar-refractivity contribution in [2.75, 3.05) is 11.9 Å². The zero-order chi connectivity index (χ0) is 12.9. The second-order valence-electron chi connectivity index (χ2n) is 2.92. The van der Waals surface area contributed by atoms with Crippen molar-refractivity contribution in [3.63, 3.8) is 0 Å². The molecular weight excluding hydrogens is 248 g/mol. The summed E-state index contributed by atoms with van der Waals surface area (Å²) in [6, 6.07) is 5.19. The summed E-state index contributed by atoms with van der Waals surface area (Å²) in [6.07, 6.45) is 0. The number of hydrogen-bond acceptors (Lipinski definition) is 4. The van der Waals surface area contributed by atoms with Crippen LogP contribution in [-0.4, -0.2) is 26.0 Å². The van der Waals surface area contributed by atoms with Crippen LogP contribution in [0.2, 0.25) is 0 Å². The quantitative estimate of drug-likeness (QED) is 0.463. The third-order valence-corrected chi connectivity index (χ3v) is 2.90. The molecule has 0 spiro atoms. The predicted octanol–water partition coefficient (Wildman–Crippen LogP) is 1.18. The molecule has 0 aliphatic carbocycles. The van der Waals surface area contributed by atoms with Crippen molar-refractivity contribution in [3.8, 4) is 0 Å². The average Bonchev–Trinajstić information content (AvgIpc) is 2.27. The summed E-state index contributed by atoms with van der Waals surface area (Å²) < 4.78 is 25.2. The van der Waals surface area contributed by atoms with Gasteiger partial charge in [0.1, 0.15) is 6.54 Å². The molecule has 0 amide bonds. The molecule has 17 heavy (non-hydrogen) atoms. The van der Waals surface area contributed by atoms with E-state index in [4.69, 9.17) is 10.6 Å². The Kier molecular flexibility index (Phi) is 3.91. The van der Waals surface area contributed by atoms with Crippen LogP contribution in [0.4, 0.5) is 5.69 Å². The molecule has 0 aromatic heterocycles. The Labute approximate surface area is 96.6 Å². The monoisotopic (exact) mass is 256 g/mol. The molecule has 2 N–H and O–H groups in total. The number of nitrogens with zero attached hydrogens (tertiary/aromatic N) is 3. The Morgan fingerprint density at radius 1 is 1.41 bits per heavy atom. The van der Waals surface area contributed by atoms with Gasteiger partial charge in [-0.3, -0.25) is 4.79 Å². The molecule has 0 unspecified atom stereocenters. The van der Waals surface area contributed by atoms with Gasteiger partial charge in [-0.25, -0.2) is 8.42 Å². The SMILES string of the molecule is [N-]=[N+]=NS(=O)(=O)c1ccc(NCC(=O)O)cc1. The van der Waals surface area contributed by atoms with Crippen LogP contribution in [0.1, 0.15) is 0 Å². The minimum Gasteiger partial charge on any atom is -0.480 e. The van der Waals surface area contributed by atoms with Crippen molar-refractivity contribution in [1.29, 1.82) is 0 Å². The lowest BCUT2D eigenvalue weighted by Gasteiger charge is -2.03. The molecule has 1 aromatic rings. The number of carboxylic acid groups (broad SMARTS) is 1. The highest BCUT2D eigenvalue weighted by Crippen LogP contribution is 2.15. The maximum atomic E-state index is 11.3. The van der Waals surface area contributed by atoms with E-state index < -0.39 is 16.0 Å². The van der Waals surface area contributed by atoms with Gasteiger partial charge in [0.15, 0.2) is 0 Å². The molecule has 8 nitrogen and oxygen atoms in total. The minimum absolute atomic E-state index is 0.156. The first-order valence-corrected chi connectivity index (χ1v) is 5.77. The summed E-state index contributed by atoms with van der Waals surface area (Å²) >= 11 is 0. The van der Waals surface area contributed by atoms with E-state index in [1.165, 1.54) is 24.3 Å². The van der Waals surface area contributed by atoms with Crippen LogP contribution in [0.5, 0.6) is 0 Å². The number of benzene rings is 1. The fourth-order valence-corrected chi connectivity index (χ4v) is 1.69. The fraction of sp³-hybridized carbons (Fsp3) is 0.125. The standard InChI is InChI=1S/C8H8N4O4S/c9-11-12-17(15,16)7-3-1-6(2-4-7)10-5-8(13)14/h1-4,10H,5H2,(H,13,14). The number of anilines is 1. The number of carboxylic acids is 1.